The van der Waals surface area contributed by atoms with Gasteiger partial charge >= 0.3 is 0 Å². The van der Waals surface area contributed by atoms with E-state index >= 15 is 0 Å². The fourth-order valence-electron chi connectivity index (χ4n) is 3.97. The number of pyridine rings is 2. The molecule has 0 aromatic carbocycles. The van der Waals surface area contributed by atoms with E-state index in [2.05, 4.69) is 27.0 Å². The largest absolute Gasteiger partial charge is 0.329 e. The second-order valence-electron chi connectivity index (χ2n) is 7.16. The lowest BCUT2D eigenvalue weighted by molar-refractivity contribution is 0.0726. The standard InChI is InChI=1S/C20H24N4O2/c25-19-7-3-5-17(22-19)20(26)24-12-4-6-18(24)16-9-8-15(13-21-16)14-23-10-1-2-11-23/h3,5,7-9,13,18H,1-2,4,6,10-12,14H2,(H,22,25)/t18-/m1/s1. The van der Waals surface area contributed by atoms with Gasteiger partial charge in [-0.2, -0.15) is 0 Å². The molecule has 2 aliphatic rings. The van der Waals surface area contributed by atoms with Crippen molar-refractivity contribution in [1.82, 2.24) is 19.8 Å². The predicted octanol–water partition coefficient (Wildman–Crippen LogP) is 2.34. The minimum absolute atomic E-state index is 0.0213. The first-order valence-electron chi connectivity index (χ1n) is 9.38. The second kappa shape index (κ2) is 7.41. The minimum Gasteiger partial charge on any atom is -0.329 e. The smallest absolute Gasteiger partial charge is 0.270 e. The third-order valence-corrected chi connectivity index (χ3v) is 5.31. The van der Waals surface area contributed by atoms with E-state index in [0.717, 1.165) is 25.1 Å². The number of hydrogen-bond donors (Lipinski definition) is 1. The quantitative estimate of drug-likeness (QED) is 0.917. The van der Waals surface area contributed by atoms with Gasteiger partial charge in [-0.3, -0.25) is 19.5 Å². The van der Waals surface area contributed by atoms with Crippen molar-refractivity contribution in [3.63, 3.8) is 0 Å². The molecule has 1 amide bonds. The molecule has 0 unspecified atom stereocenters. The van der Waals surface area contributed by atoms with Gasteiger partial charge in [0.1, 0.15) is 5.69 Å². The monoisotopic (exact) mass is 352 g/mol. The summed E-state index contributed by atoms with van der Waals surface area (Å²) in [5.74, 6) is -0.131. The molecule has 0 aliphatic carbocycles. The van der Waals surface area contributed by atoms with Gasteiger partial charge in [0.15, 0.2) is 0 Å². The Kier molecular flexibility index (Phi) is 4.84. The summed E-state index contributed by atoms with van der Waals surface area (Å²) in [4.78, 5) is 35.9. The predicted molar refractivity (Wildman–Crippen MR) is 98.8 cm³/mol. The molecule has 6 nitrogen and oxygen atoms in total. The lowest BCUT2D eigenvalue weighted by atomic mass is 10.1. The summed E-state index contributed by atoms with van der Waals surface area (Å²) < 4.78 is 0. The Hall–Kier alpha value is -2.47. The van der Waals surface area contributed by atoms with Gasteiger partial charge in [0, 0.05) is 25.4 Å². The van der Waals surface area contributed by atoms with Crippen LogP contribution in [0.25, 0.3) is 0 Å². The van der Waals surface area contributed by atoms with Crippen molar-refractivity contribution in [3.8, 4) is 0 Å². The third kappa shape index (κ3) is 3.55. The summed E-state index contributed by atoms with van der Waals surface area (Å²) in [5, 5.41) is 0. The Morgan fingerprint density at radius 3 is 2.69 bits per heavy atom. The molecule has 4 heterocycles. The maximum Gasteiger partial charge on any atom is 0.270 e. The SMILES string of the molecule is O=C(c1cccc(=O)[nH]1)N1CCC[C@@H]1c1ccc(CN2CCCC2)cn1. The van der Waals surface area contributed by atoms with Crippen molar-refractivity contribution < 1.29 is 4.79 Å². The Morgan fingerprint density at radius 2 is 1.96 bits per heavy atom. The molecule has 0 bridgehead atoms. The van der Waals surface area contributed by atoms with E-state index in [1.807, 2.05) is 11.1 Å². The number of aromatic amines is 1. The Bertz CT molecular complexity index is 824. The normalized spacial score (nSPS) is 20.6. The Balaban J connectivity index is 1.49. The number of H-pyrrole nitrogens is 1. The van der Waals surface area contributed by atoms with Crippen LogP contribution in [-0.4, -0.2) is 45.3 Å². The number of amides is 1. The second-order valence-corrected chi connectivity index (χ2v) is 7.16. The number of hydrogen-bond acceptors (Lipinski definition) is 4. The topological polar surface area (TPSA) is 69.3 Å². The highest BCUT2D eigenvalue weighted by Crippen LogP contribution is 2.31. The van der Waals surface area contributed by atoms with Crippen LogP contribution in [0.4, 0.5) is 0 Å². The summed E-state index contributed by atoms with van der Waals surface area (Å²) in [6.45, 7) is 3.98. The molecule has 0 radical (unpaired) electrons. The van der Waals surface area contributed by atoms with Crippen LogP contribution in [0.1, 0.15) is 53.5 Å². The van der Waals surface area contributed by atoms with Crippen molar-refractivity contribution in [2.45, 2.75) is 38.3 Å². The van der Waals surface area contributed by atoms with E-state index in [9.17, 15) is 9.59 Å². The van der Waals surface area contributed by atoms with Gasteiger partial charge in [0.05, 0.1) is 11.7 Å². The highest BCUT2D eigenvalue weighted by molar-refractivity contribution is 5.92. The third-order valence-electron chi connectivity index (χ3n) is 5.31. The maximum atomic E-state index is 12.8. The number of carbonyl (C=O) groups is 1. The van der Waals surface area contributed by atoms with Gasteiger partial charge < -0.3 is 9.88 Å². The number of likely N-dealkylation sites (tertiary alicyclic amines) is 2. The number of carbonyl (C=O) groups excluding carboxylic acids is 1. The summed E-state index contributed by atoms with van der Waals surface area (Å²) in [6, 6.07) is 8.85. The van der Waals surface area contributed by atoms with Crippen molar-refractivity contribution in [1.29, 1.82) is 0 Å². The fourth-order valence-corrected chi connectivity index (χ4v) is 3.97. The van der Waals surface area contributed by atoms with Crippen molar-refractivity contribution >= 4 is 5.91 Å². The van der Waals surface area contributed by atoms with Crippen LogP contribution in [0.5, 0.6) is 0 Å². The molecule has 1 atom stereocenters. The van der Waals surface area contributed by atoms with E-state index in [0.29, 0.717) is 12.2 Å². The Labute approximate surface area is 152 Å². The Morgan fingerprint density at radius 1 is 1.12 bits per heavy atom. The van der Waals surface area contributed by atoms with Crippen LogP contribution in [0.3, 0.4) is 0 Å². The van der Waals surface area contributed by atoms with Crippen LogP contribution in [0.2, 0.25) is 0 Å². The molecule has 2 fully saturated rings. The maximum absolute atomic E-state index is 12.8. The molecule has 26 heavy (non-hydrogen) atoms. The molecule has 2 saturated heterocycles. The summed E-state index contributed by atoms with van der Waals surface area (Å²) in [7, 11) is 0. The fraction of sp³-hybridized carbons (Fsp3) is 0.450. The molecular weight excluding hydrogens is 328 g/mol. The zero-order valence-electron chi connectivity index (χ0n) is 14.9. The summed E-state index contributed by atoms with van der Waals surface area (Å²) in [5.41, 5.74) is 2.24. The summed E-state index contributed by atoms with van der Waals surface area (Å²) >= 11 is 0. The average molecular weight is 352 g/mol. The van der Waals surface area contributed by atoms with Gasteiger partial charge in [0.25, 0.3) is 5.91 Å². The van der Waals surface area contributed by atoms with E-state index in [1.54, 1.807) is 12.1 Å². The highest BCUT2D eigenvalue weighted by atomic mass is 16.2. The molecule has 6 heteroatoms. The van der Waals surface area contributed by atoms with Crippen molar-refractivity contribution in [3.05, 3.63) is 63.8 Å². The number of rotatable bonds is 4. The first kappa shape index (κ1) is 17.0. The van der Waals surface area contributed by atoms with Crippen molar-refractivity contribution in [2.75, 3.05) is 19.6 Å². The van der Waals surface area contributed by atoms with Gasteiger partial charge in [-0.25, -0.2) is 0 Å². The average Bonchev–Trinajstić information content (AvgIpc) is 3.33. The molecule has 136 valence electrons. The molecular formula is C20H24N4O2. The van der Waals surface area contributed by atoms with E-state index in [1.165, 1.54) is 37.6 Å². The van der Waals surface area contributed by atoms with Crippen LogP contribution in [-0.2, 0) is 6.54 Å². The first-order valence-corrected chi connectivity index (χ1v) is 9.38. The molecule has 0 spiro atoms. The highest BCUT2D eigenvalue weighted by Gasteiger charge is 2.31. The molecule has 2 aliphatic heterocycles. The molecule has 2 aromatic heterocycles. The van der Waals surface area contributed by atoms with Crippen molar-refractivity contribution in [2.24, 2.45) is 0 Å². The van der Waals surface area contributed by atoms with Gasteiger partial charge in [0.2, 0.25) is 5.56 Å². The van der Waals surface area contributed by atoms with E-state index in [-0.39, 0.29) is 17.5 Å². The molecule has 2 aromatic rings. The number of nitrogens with zero attached hydrogens (tertiary/aromatic N) is 3. The first-order chi connectivity index (χ1) is 12.7. The molecule has 1 N–H and O–H groups in total. The minimum atomic E-state index is -0.254. The molecule has 4 rings (SSSR count). The number of nitrogens with one attached hydrogen (secondary N) is 1. The van der Waals surface area contributed by atoms with Gasteiger partial charge in [-0.05, 0) is 56.5 Å². The van der Waals surface area contributed by atoms with Crippen LogP contribution < -0.4 is 5.56 Å². The van der Waals surface area contributed by atoms with Crippen LogP contribution in [0.15, 0.2) is 41.3 Å². The van der Waals surface area contributed by atoms with E-state index < -0.39 is 0 Å². The lowest BCUT2D eigenvalue weighted by Crippen LogP contribution is -2.32. The number of aromatic nitrogens is 2. The summed E-state index contributed by atoms with van der Waals surface area (Å²) in [6.07, 6.45) is 6.36. The van der Waals surface area contributed by atoms with Crippen LogP contribution in [0, 0.1) is 0 Å². The van der Waals surface area contributed by atoms with Gasteiger partial charge in [-0.1, -0.05) is 12.1 Å². The van der Waals surface area contributed by atoms with Crippen LogP contribution >= 0.6 is 0 Å². The van der Waals surface area contributed by atoms with Gasteiger partial charge in [-0.15, -0.1) is 0 Å². The van der Waals surface area contributed by atoms with E-state index in [4.69, 9.17) is 0 Å². The zero-order chi connectivity index (χ0) is 17.9. The zero-order valence-corrected chi connectivity index (χ0v) is 14.9. The molecule has 0 saturated carbocycles. The lowest BCUT2D eigenvalue weighted by Gasteiger charge is -2.24.